The topological polar surface area (TPSA) is 56.5 Å². The summed E-state index contributed by atoms with van der Waals surface area (Å²) < 4.78 is 2.26. The molecule has 0 saturated carbocycles. The Kier molecular flexibility index (Phi) is 5.13. The van der Waals surface area contributed by atoms with Gasteiger partial charge in [-0.25, -0.2) is 15.0 Å². The molecule has 9 aromatic rings. The van der Waals surface area contributed by atoms with Gasteiger partial charge in [-0.05, 0) is 52.7 Å². The molecule has 5 nitrogen and oxygen atoms in total. The summed E-state index contributed by atoms with van der Waals surface area (Å²) in [5, 5.41) is 5.89. The van der Waals surface area contributed by atoms with Crippen LogP contribution >= 0.6 is 0 Å². The molecule has 0 unspecified atom stereocenters. The minimum atomic E-state index is 0.620. The van der Waals surface area contributed by atoms with Crippen molar-refractivity contribution in [1.82, 2.24) is 24.5 Å². The van der Waals surface area contributed by atoms with E-state index in [1.165, 1.54) is 21.5 Å². The summed E-state index contributed by atoms with van der Waals surface area (Å²) in [5.74, 6) is 0.779. The van der Waals surface area contributed by atoms with Gasteiger partial charge >= 0.3 is 0 Å². The third-order valence-corrected chi connectivity index (χ3v) is 8.28. The molecule has 0 N–H and O–H groups in total. The van der Waals surface area contributed by atoms with E-state index >= 15 is 0 Å². The lowest BCUT2D eigenvalue weighted by Crippen LogP contribution is -2.04. The third kappa shape index (κ3) is 3.72. The van der Waals surface area contributed by atoms with E-state index in [0.29, 0.717) is 5.65 Å². The van der Waals surface area contributed by atoms with Gasteiger partial charge in [0, 0.05) is 39.7 Å². The first-order valence-electron chi connectivity index (χ1n) is 14.3. The van der Waals surface area contributed by atoms with Crippen LogP contribution in [-0.4, -0.2) is 24.5 Å². The summed E-state index contributed by atoms with van der Waals surface area (Å²) in [4.78, 5) is 19.6. The number of fused-ring (bicyclic) bond motifs is 6. The summed E-state index contributed by atoms with van der Waals surface area (Å²) >= 11 is 0. The van der Waals surface area contributed by atoms with Crippen LogP contribution in [0.15, 0.2) is 140 Å². The standard InChI is InChI=1S/C38H23N5/c1-2-9-28-23-34-31(22-27(28)8-1)30-12-3-4-15-33(30)43(34)38-36(42-37-32(41-38)14-7-21-40-37)26-18-16-24(17-19-26)29-13-5-10-25-11-6-20-39-35(25)29/h1-23H. The smallest absolute Gasteiger partial charge is 0.178 e. The van der Waals surface area contributed by atoms with Gasteiger partial charge in [-0.3, -0.25) is 9.55 Å². The largest absolute Gasteiger partial charge is 0.292 e. The Labute approximate surface area is 246 Å². The minimum Gasteiger partial charge on any atom is -0.292 e. The lowest BCUT2D eigenvalue weighted by atomic mass is 10.00. The molecule has 0 atom stereocenters. The molecule has 0 saturated heterocycles. The van der Waals surface area contributed by atoms with E-state index in [2.05, 4.69) is 124 Å². The Hall–Kier alpha value is -5.94. The van der Waals surface area contributed by atoms with Gasteiger partial charge in [0.15, 0.2) is 11.5 Å². The molecule has 0 amide bonds. The summed E-state index contributed by atoms with van der Waals surface area (Å²) in [5.41, 5.74) is 8.51. The predicted octanol–water partition coefficient (Wildman–Crippen LogP) is 9.16. The number of hydrogen-bond donors (Lipinski definition) is 0. The summed E-state index contributed by atoms with van der Waals surface area (Å²) in [6.45, 7) is 0. The zero-order valence-electron chi connectivity index (χ0n) is 23.0. The lowest BCUT2D eigenvalue weighted by Gasteiger charge is -2.14. The van der Waals surface area contributed by atoms with E-state index in [4.69, 9.17) is 9.97 Å². The molecule has 4 heterocycles. The zero-order valence-corrected chi connectivity index (χ0v) is 23.0. The van der Waals surface area contributed by atoms with Crippen molar-refractivity contribution in [3.05, 3.63) is 140 Å². The van der Waals surface area contributed by atoms with Crippen LogP contribution in [0, 0.1) is 0 Å². The average molecular weight is 550 g/mol. The molecular weight excluding hydrogens is 526 g/mol. The Morgan fingerprint density at radius 2 is 1.21 bits per heavy atom. The van der Waals surface area contributed by atoms with Crippen molar-refractivity contribution in [2.45, 2.75) is 0 Å². The van der Waals surface area contributed by atoms with Crippen molar-refractivity contribution in [1.29, 1.82) is 0 Å². The quantitative estimate of drug-likeness (QED) is 0.220. The van der Waals surface area contributed by atoms with Crippen molar-refractivity contribution >= 4 is 54.6 Å². The second kappa shape index (κ2) is 9.29. The van der Waals surface area contributed by atoms with Gasteiger partial charge in [0.1, 0.15) is 11.2 Å². The van der Waals surface area contributed by atoms with Crippen LogP contribution in [0.2, 0.25) is 0 Å². The van der Waals surface area contributed by atoms with Gasteiger partial charge < -0.3 is 0 Å². The third-order valence-electron chi connectivity index (χ3n) is 8.28. The first kappa shape index (κ1) is 23.7. The Morgan fingerprint density at radius 1 is 0.488 bits per heavy atom. The van der Waals surface area contributed by atoms with Gasteiger partial charge in [0.25, 0.3) is 0 Å². The van der Waals surface area contributed by atoms with E-state index in [1.54, 1.807) is 6.20 Å². The number of pyridine rings is 2. The summed E-state index contributed by atoms with van der Waals surface area (Å²) in [6, 6.07) is 44.4. The van der Waals surface area contributed by atoms with Crippen LogP contribution in [0.25, 0.3) is 82.8 Å². The van der Waals surface area contributed by atoms with Crippen molar-refractivity contribution in [2.24, 2.45) is 0 Å². The highest BCUT2D eigenvalue weighted by Crippen LogP contribution is 2.38. The normalized spacial score (nSPS) is 11.7. The van der Waals surface area contributed by atoms with Crippen LogP contribution in [0.4, 0.5) is 0 Å². The zero-order chi connectivity index (χ0) is 28.3. The van der Waals surface area contributed by atoms with Crippen LogP contribution < -0.4 is 0 Å². The second-order valence-electron chi connectivity index (χ2n) is 10.8. The van der Waals surface area contributed by atoms with Crippen LogP contribution in [0.3, 0.4) is 0 Å². The molecule has 43 heavy (non-hydrogen) atoms. The molecule has 0 bridgehead atoms. The molecule has 0 aliphatic rings. The number of rotatable bonds is 3. The molecular formula is C38H23N5. The Bertz CT molecular complexity index is 2510. The highest BCUT2D eigenvalue weighted by molar-refractivity contribution is 6.13. The van der Waals surface area contributed by atoms with Gasteiger partial charge in [-0.1, -0.05) is 91.0 Å². The molecule has 4 aromatic heterocycles. The minimum absolute atomic E-state index is 0.620. The van der Waals surface area contributed by atoms with Gasteiger partial charge in [0.05, 0.1) is 16.6 Å². The molecule has 0 aliphatic carbocycles. The Morgan fingerprint density at radius 3 is 2.12 bits per heavy atom. The predicted molar refractivity (Wildman–Crippen MR) is 175 cm³/mol. The Balaban J connectivity index is 1.31. The van der Waals surface area contributed by atoms with Gasteiger partial charge in [0.2, 0.25) is 0 Å². The van der Waals surface area contributed by atoms with E-state index in [1.807, 2.05) is 24.4 Å². The number of hydrogen-bond acceptors (Lipinski definition) is 4. The molecule has 9 rings (SSSR count). The number of aromatic nitrogens is 5. The average Bonchev–Trinajstić information content (AvgIpc) is 3.39. The SMILES string of the molecule is c1ccc2cc3c(cc2c1)c1ccccc1n3-c1nc2cccnc2nc1-c1ccc(-c2cccc3cccnc23)cc1. The summed E-state index contributed by atoms with van der Waals surface area (Å²) in [7, 11) is 0. The highest BCUT2D eigenvalue weighted by Gasteiger charge is 2.20. The maximum atomic E-state index is 5.22. The maximum Gasteiger partial charge on any atom is 0.178 e. The fraction of sp³-hybridized carbons (Fsp3) is 0. The van der Waals surface area contributed by atoms with Crippen molar-refractivity contribution in [3.63, 3.8) is 0 Å². The van der Waals surface area contributed by atoms with E-state index in [9.17, 15) is 0 Å². The molecule has 0 aliphatic heterocycles. The van der Waals surface area contributed by atoms with Crippen LogP contribution in [0.5, 0.6) is 0 Å². The molecule has 200 valence electrons. The molecule has 0 fully saturated rings. The van der Waals surface area contributed by atoms with E-state index in [-0.39, 0.29) is 0 Å². The second-order valence-corrected chi connectivity index (χ2v) is 10.8. The van der Waals surface area contributed by atoms with Crippen molar-refractivity contribution in [2.75, 3.05) is 0 Å². The summed E-state index contributed by atoms with van der Waals surface area (Å²) in [6.07, 6.45) is 3.61. The fourth-order valence-electron chi connectivity index (χ4n) is 6.26. The number of para-hydroxylation sites is 2. The van der Waals surface area contributed by atoms with Crippen molar-refractivity contribution < 1.29 is 0 Å². The lowest BCUT2D eigenvalue weighted by molar-refractivity contribution is 1.07. The number of benzene rings is 5. The monoisotopic (exact) mass is 549 g/mol. The van der Waals surface area contributed by atoms with E-state index in [0.717, 1.165) is 55.7 Å². The maximum absolute atomic E-state index is 5.22. The highest BCUT2D eigenvalue weighted by atomic mass is 15.1. The first-order chi connectivity index (χ1) is 21.3. The van der Waals surface area contributed by atoms with Crippen molar-refractivity contribution in [3.8, 4) is 28.2 Å². The van der Waals surface area contributed by atoms with Crippen LogP contribution in [0.1, 0.15) is 0 Å². The molecule has 5 heteroatoms. The van der Waals surface area contributed by atoms with Gasteiger partial charge in [-0.2, -0.15) is 0 Å². The molecule has 0 radical (unpaired) electrons. The molecule has 5 aromatic carbocycles. The van der Waals surface area contributed by atoms with Gasteiger partial charge in [-0.15, -0.1) is 0 Å². The molecule has 0 spiro atoms. The van der Waals surface area contributed by atoms with E-state index < -0.39 is 0 Å². The fourth-order valence-corrected chi connectivity index (χ4v) is 6.26. The van der Waals surface area contributed by atoms with Crippen LogP contribution in [-0.2, 0) is 0 Å². The first-order valence-corrected chi connectivity index (χ1v) is 14.3. The number of nitrogens with zero attached hydrogens (tertiary/aromatic N) is 5.